The first kappa shape index (κ1) is 22.6. The lowest BCUT2D eigenvalue weighted by Crippen LogP contribution is -2.30. The van der Waals surface area contributed by atoms with E-state index in [1.165, 1.54) is 0 Å². The zero-order valence-electron chi connectivity index (χ0n) is 19.0. The van der Waals surface area contributed by atoms with E-state index in [0.717, 1.165) is 21.0 Å². The number of anilines is 3. The van der Waals surface area contributed by atoms with Crippen LogP contribution in [0.2, 0.25) is 0 Å². The molecule has 1 aliphatic rings. The van der Waals surface area contributed by atoms with Crippen LogP contribution < -0.4 is 20.3 Å². The van der Waals surface area contributed by atoms with Crippen molar-refractivity contribution < 1.29 is 14.3 Å². The van der Waals surface area contributed by atoms with E-state index < -0.39 is 6.03 Å². The molecule has 35 heavy (non-hydrogen) atoms. The van der Waals surface area contributed by atoms with Crippen molar-refractivity contribution in [2.75, 3.05) is 22.6 Å². The molecule has 0 saturated heterocycles. The Bertz CT molecular complexity index is 1390. The van der Waals surface area contributed by atoms with Gasteiger partial charge in [-0.15, -0.1) is 0 Å². The highest BCUT2D eigenvalue weighted by Gasteiger charge is 2.27. The van der Waals surface area contributed by atoms with E-state index in [0.29, 0.717) is 29.2 Å². The van der Waals surface area contributed by atoms with Gasteiger partial charge in [-0.05, 0) is 48.0 Å². The summed E-state index contributed by atoms with van der Waals surface area (Å²) in [4.78, 5) is 30.0. The minimum atomic E-state index is -0.403. The predicted molar refractivity (Wildman–Crippen MR) is 140 cm³/mol. The Morgan fingerprint density at radius 3 is 2.43 bits per heavy atom. The first-order valence-electron chi connectivity index (χ1n) is 11.1. The summed E-state index contributed by atoms with van der Waals surface area (Å²) in [5, 5.41) is 5.70. The van der Waals surface area contributed by atoms with E-state index in [-0.39, 0.29) is 5.91 Å². The van der Waals surface area contributed by atoms with Crippen molar-refractivity contribution in [3.05, 3.63) is 108 Å². The Morgan fingerprint density at radius 2 is 1.60 bits per heavy atom. The molecule has 4 aromatic rings. The quantitative estimate of drug-likeness (QED) is 0.335. The number of hydrogen-bond acceptors (Lipinski definition) is 4. The van der Waals surface area contributed by atoms with Crippen LogP contribution in [-0.2, 0) is 6.54 Å². The van der Waals surface area contributed by atoms with E-state index in [4.69, 9.17) is 4.74 Å². The van der Waals surface area contributed by atoms with Crippen molar-refractivity contribution in [3.8, 4) is 5.75 Å². The van der Waals surface area contributed by atoms with Gasteiger partial charge in [0.2, 0.25) is 0 Å². The molecule has 1 heterocycles. The summed E-state index contributed by atoms with van der Waals surface area (Å²) >= 11 is 1.55. The van der Waals surface area contributed by atoms with Crippen LogP contribution in [0.5, 0.6) is 5.75 Å². The van der Waals surface area contributed by atoms with E-state index >= 15 is 0 Å². The third kappa shape index (κ3) is 4.85. The number of para-hydroxylation sites is 2. The summed E-state index contributed by atoms with van der Waals surface area (Å²) in [6, 6.07) is 29.9. The molecule has 1 aliphatic heterocycles. The number of rotatable bonds is 5. The number of fused-ring (bicyclic) bond motifs is 2. The fraction of sp³-hybridized carbons (Fsp3) is 0.0714. The van der Waals surface area contributed by atoms with Crippen LogP contribution >= 0.6 is 11.8 Å². The molecular formula is C28H23N3O3S. The van der Waals surface area contributed by atoms with E-state index in [9.17, 15) is 9.59 Å². The molecule has 0 aromatic heterocycles. The van der Waals surface area contributed by atoms with Crippen molar-refractivity contribution in [1.29, 1.82) is 0 Å². The lowest BCUT2D eigenvalue weighted by Gasteiger charge is -2.24. The van der Waals surface area contributed by atoms with Gasteiger partial charge in [0.15, 0.2) is 0 Å². The SMILES string of the molecule is COc1ccccc1NC(=O)Nc1ccc2c(c1)N(Cc1ccccc1)C(=O)c1ccccc1S2. The highest BCUT2D eigenvalue weighted by molar-refractivity contribution is 7.99. The van der Waals surface area contributed by atoms with Crippen molar-refractivity contribution in [2.45, 2.75) is 16.3 Å². The Kier molecular flexibility index (Phi) is 6.41. The lowest BCUT2D eigenvalue weighted by atomic mass is 10.1. The molecule has 0 atom stereocenters. The number of benzene rings is 4. The van der Waals surface area contributed by atoms with Crippen LogP contribution in [0.15, 0.2) is 107 Å². The van der Waals surface area contributed by atoms with E-state index in [1.807, 2.05) is 84.9 Å². The van der Waals surface area contributed by atoms with E-state index in [1.54, 1.807) is 35.9 Å². The Balaban J connectivity index is 1.47. The predicted octanol–water partition coefficient (Wildman–Crippen LogP) is 6.65. The first-order valence-corrected chi connectivity index (χ1v) is 11.9. The second-order valence-electron chi connectivity index (χ2n) is 7.94. The molecule has 0 spiro atoms. The molecule has 0 radical (unpaired) electrons. The summed E-state index contributed by atoms with van der Waals surface area (Å²) < 4.78 is 5.31. The molecule has 7 heteroatoms. The monoisotopic (exact) mass is 481 g/mol. The fourth-order valence-electron chi connectivity index (χ4n) is 3.95. The van der Waals surface area contributed by atoms with Gasteiger partial charge < -0.3 is 20.3 Å². The van der Waals surface area contributed by atoms with Gasteiger partial charge in [-0.25, -0.2) is 4.79 Å². The van der Waals surface area contributed by atoms with Crippen molar-refractivity contribution in [3.63, 3.8) is 0 Å². The maximum atomic E-state index is 13.6. The summed E-state index contributed by atoms with van der Waals surface area (Å²) in [7, 11) is 1.55. The van der Waals surface area contributed by atoms with Gasteiger partial charge in [0.25, 0.3) is 5.91 Å². The smallest absolute Gasteiger partial charge is 0.323 e. The number of carbonyl (C=O) groups is 2. The van der Waals surface area contributed by atoms with Crippen LogP contribution in [0.4, 0.5) is 21.9 Å². The van der Waals surface area contributed by atoms with Crippen molar-refractivity contribution >= 4 is 40.8 Å². The topological polar surface area (TPSA) is 70.7 Å². The van der Waals surface area contributed by atoms with Gasteiger partial charge >= 0.3 is 6.03 Å². The number of nitrogens with zero attached hydrogens (tertiary/aromatic N) is 1. The number of hydrogen-bond donors (Lipinski definition) is 2. The molecule has 0 bridgehead atoms. The molecule has 6 nitrogen and oxygen atoms in total. The average molecular weight is 482 g/mol. The number of methoxy groups -OCH3 is 1. The maximum absolute atomic E-state index is 13.6. The average Bonchev–Trinajstić information content (AvgIpc) is 2.99. The van der Waals surface area contributed by atoms with Gasteiger partial charge in [-0.2, -0.15) is 0 Å². The Hall–Kier alpha value is -4.23. The fourth-order valence-corrected chi connectivity index (χ4v) is 5.01. The third-order valence-electron chi connectivity index (χ3n) is 5.63. The van der Waals surface area contributed by atoms with Gasteiger partial charge in [0.1, 0.15) is 5.75 Å². The van der Waals surface area contributed by atoms with Crippen molar-refractivity contribution in [2.24, 2.45) is 0 Å². The number of nitrogens with one attached hydrogen (secondary N) is 2. The van der Waals surface area contributed by atoms with Crippen molar-refractivity contribution in [1.82, 2.24) is 0 Å². The molecule has 5 rings (SSSR count). The first-order chi connectivity index (χ1) is 17.1. The molecular weight excluding hydrogens is 458 g/mol. The van der Waals surface area contributed by atoms with Gasteiger partial charge in [-0.1, -0.05) is 66.4 Å². The second kappa shape index (κ2) is 9.95. The number of ether oxygens (including phenoxy) is 1. The summed E-state index contributed by atoms with van der Waals surface area (Å²) in [6.07, 6.45) is 0. The number of urea groups is 1. The van der Waals surface area contributed by atoms with Gasteiger partial charge in [0, 0.05) is 15.5 Å². The van der Waals surface area contributed by atoms with Crippen LogP contribution in [-0.4, -0.2) is 19.0 Å². The van der Waals surface area contributed by atoms with Crippen LogP contribution in [0.1, 0.15) is 15.9 Å². The number of carbonyl (C=O) groups excluding carboxylic acids is 2. The normalized spacial score (nSPS) is 12.3. The summed E-state index contributed by atoms with van der Waals surface area (Å²) in [5.41, 5.74) is 3.56. The highest BCUT2D eigenvalue weighted by atomic mass is 32.2. The molecule has 3 amide bonds. The highest BCUT2D eigenvalue weighted by Crippen LogP contribution is 2.43. The number of amides is 3. The largest absolute Gasteiger partial charge is 0.495 e. The Labute approximate surface area is 207 Å². The summed E-state index contributed by atoms with van der Waals surface area (Å²) in [6.45, 7) is 0.415. The molecule has 0 unspecified atom stereocenters. The molecule has 0 saturated carbocycles. The van der Waals surface area contributed by atoms with Crippen LogP contribution in [0.25, 0.3) is 0 Å². The second-order valence-corrected chi connectivity index (χ2v) is 9.02. The lowest BCUT2D eigenvalue weighted by molar-refractivity contribution is 0.0982. The van der Waals surface area contributed by atoms with Gasteiger partial charge in [-0.3, -0.25) is 4.79 Å². The molecule has 0 aliphatic carbocycles. The van der Waals surface area contributed by atoms with Crippen LogP contribution in [0, 0.1) is 0 Å². The molecule has 174 valence electrons. The van der Waals surface area contributed by atoms with Crippen LogP contribution in [0.3, 0.4) is 0 Å². The van der Waals surface area contributed by atoms with Gasteiger partial charge in [0.05, 0.1) is 30.6 Å². The zero-order chi connectivity index (χ0) is 24.2. The Morgan fingerprint density at radius 1 is 0.857 bits per heavy atom. The maximum Gasteiger partial charge on any atom is 0.323 e. The third-order valence-corrected chi connectivity index (χ3v) is 6.77. The zero-order valence-corrected chi connectivity index (χ0v) is 19.8. The minimum absolute atomic E-state index is 0.0775. The standard InChI is InChI=1S/C28H23N3O3S/c1-34-24-13-7-6-12-22(24)30-28(33)29-20-15-16-26-23(17-20)31(18-19-9-3-2-4-10-19)27(32)21-11-5-8-14-25(21)35-26/h2-17H,18H2,1H3,(H2,29,30,33). The molecule has 2 N–H and O–H groups in total. The van der Waals surface area contributed by atoms with E-state index in [2.05, 4.69) is 10.6 Å². The molecule has 0 fully saturated rings. The minimum Gasteiger partial charge on any atom is -0.495 e. The molecule has 4 aromatic carbocycles. The summed E-state index contributed by atoms with van der Waals surface area (Å²) in [5.74, 6) is 0.490.